The lowest BCUT2D eigenvalue weighted by atomic mass is 9.96. The second kappa shape index (κ2) is 4.30. The molecule has 3 nitrogen and oxygen atoms in total. The number of fused-ring (bicyclic) bond motifs is 1. The summed E-state index contributed by atoms with van der Waals surface area (Å²) in [7, 11) is 0. The average molecular weight is 245 g/mol. The second-order valence-corrected chi connectivity index (χ2v) is 5.33. The third-order valence-electron chi connectivity index (χ3n) is 4.17. The summed E-state index contributed by atoms with van der Waals surface area (Å²) in [6.45, 7) is 5.98. The van der Waals surface area contributed by atoms with E-state index in [9.17, 15) is 4.79 Å². The van der Waals surface area contributed by atoms with Crippen LogP contribution in [0, 0.1) is 0 Å². The van der Waals surface area contributed by atoms with Gasteiger partial charge in [0, 0.05) is 24.6 Å². The van der Waals surface area contributed by atoms with Gasteiger partial charge in [-0.1, -0.05) is 19.1 Å². The molecule has 2 heterocycles. The van der Waals surface area contributed by atoms with E-state index in [1.165, 1.54) is 5.56 Å². The van der Waals surface area contributed by atoms with Gasteiger partial charge in [-0.15, -0.1) is 0 Å². The van der Waals surface area contributed by atoms with Gasteiger partial charge in [0.05, 0.1) is 5.56 Å². The van der Waals surface area contributed by atoms with Crippen LogP contribution in [0.1, 0.15) is 48.5 Å². The first-order valence-corrected chi connectivity index (χ1v) is 6.77. The number of likely N-dealkylation sites (tertiary alicyclic amines) is 1. The number of nitrogens with zero attached hydrogens (tertiary/aromatic N) is 1. The van der Waals surface area contributed by atoms with Crippen LogP contribution in [0.15, 0.2) is 18.2 Å². The van der Waals surface area contributed by atoms with Gasteiger partial charge in [0.25, 0.3) is 5.91 Å². The first kappa shape index (κ1) is 11.6. The van der Waals surface area contributed by atoms with Gasteiger partial charge >= 0.3 is 0 Å². The van der Waals surface area contributed by atoms with Crippen LogP contribution in [0.3, 0.4) is 0 Å². The van der Waals surface area contributed by atoms with E-state index in [1.54, 1.807) is 0 Å². The van der Waals surface area contributed by atoms with E-state index < -0.39 is 0 Å². The third-order valence-corrected chi connectivity index (χ3v) is 4.17. The lowest BCUT2D eigenvalue weighted by Crippen LogP contribution is -2.28. The van der Waals surface area contributed by atoms with Gasteiger partial charge in [0.1, 0.15) is 11.9 Å². The topological polar surface area (TPSA) is 29.5 Å². The van der Waals surface area contributed by atoms with Crippen LogP contribution in [-0.4, -0.2) is 30.0 Å². The quantitative estimate of drug-likeness (QED) is 0.761. The van der Waals surface area contributed by atoms with Crippen LogP contribution in [0.2, 0.25) is 0 Å². The highest BCUT2D eigenvalue weighted by Crippen LogP contribution is 2.40. The molecule has 0 radical (unpaired) electrons. The molecule has 3 rings (SSSR count). The molecule has 2 unspecified atom stereocenters. The van der Waals surface area contributed by atoms with Crippen molar-refractivity contribution in [1.82, 2.24) is 4.90 Å². The van der Waals surface area contributed by atoms with Gasteiger partial charge in [-0.2, -0.15) is 0 Å². The Kier molecular flexibility index (Phi) is 2.77. The maximum Gasteiger partial charge on any atom is 0.257 e. The Morgan fingerprint density at radius 3 is 2.72 bits per heavy atom. The van der Waals surface area contributed by atoms with Crippen LogP contribution in [0.4, 0.5) is 0 Å². The van der Waals surface area contributed by atoms with Gasteiger partial charge in [-0.3, -0.25) is 4.79 Å². The summed E-state index contributed by atoms with van der Waals surface area (Å²) in [5, 5.41) is 0. The molecule has 1 aromatic rings. The standard InChI is InChI=1S/C15H19NO2/c1-10-11(2)18-14-12(10)6-5-7-13(14)15(17)16-8-3-4-9-16/h5-7,10-11H,3-4,8-9H2,1-2H3. The Labute approximate surface area is 108 Å². The largest absolute Gasteiger partial charge is 0.489 e. The van der Waals surface area contributed by atoms with Crippen LogP contribution in [0.25, 0.3) is 0 Å². The Bertz CT molecular complexity index is 477. The summed E-state index contributed by atoms with van der Waals surface area (Å²) in [4.78, 5) is 14.4. The van der Waals surface area contributed by atoms with Crippen LogP contribution in [-0.2, 0) is 0 Å². The van der Waals surface area contributed by atoms with E-state index in [4.69, 9.17) is 4.74 Å². The minimum Gasteiger partial charge on any atom is -0.489 e. The first-order valence-electron chi connectivity index (χ1n) is 6.77. The smallest absolute Gasteiger partial charge is 0.257 e. The second-order valence-electron chi connectivity index (χ2n) is 5.33. The number of amides is 1. The molecule has 2 aliphatic heterocycles. The number of hydrogen-bond donors (Lipinski definition) is 0. The fraction of sp³-hybridized carbons (Fsp3) is 0.533. The van der Waals surface area contributed by atoms with Crippen molar-refractivity contribution < 1.29 is 9.53 Å². The molecule has 18 heavy (non-hydrogen) atoms. The molecule has 1 amide bonds. The van der Waals surface area contributed by atoms with Crippen molar-refractivity contribution in [3.05, 3.63) is 29.3 Å². The highest BCUT2D eigenvalue weighted by Gasteiger charge is 2.32. The Morgan fingerprint density at radius 1 is 1.28 bits per heavy atom. The highest BCUT2D eigenvalue weighted by molar-refractivity contribution is 5.97. The molecule has 1 saturated heterocycles. The van der Waals surface area contributed by atoms with Crippen molar-refractivity contribution in [2.24, 2.45) is 0 Å². The zero-order valence-electron chi connectivity index (χ0n) is 11.0. The van der Waals surface area contributed by atoms with E-state index in [0.717, 1.165) is 37.2 Å². The molecule has 3 heteroatoms. The number of carbonyl (C=O) groups excluding carboxylic acids is 1. The molecule has 2 aliphatic rings. The minimum absolute atomic E-state index is 0.130. The van der Waals surface area contributed by atoms with Crippen molar-refractivity contribution in [3.63, 3.8) is 0 Å². The number of rotatable bonds is 1. The molecular weight excluding hydrogens is 226 g/mol. The molecule has 1 fully saturated rings. The fourth-order valence-electron chi connectivity index (χ4n) is 2.84. The Morgan fingerprint density at radius 2 is 2.00 bits per heavy atom. The summed E-state index contributed by atoms with van der Waals surface area (Å²) in [5.74, 6) is 1.31. The molecular formula is C15H19NO2. The lowest BCUT2D eigenvalue weighted by Gasteiger charge is -2.17. The average Bonchev–Trinajstić information content (AvgIpc) is 2.99. The monoisotopic (exact) mass is 245 g/mol. The Hall–Kier alpha value is -1.51. The molecule has 0 spiro atoms. The summed E-state index contributed by atoms with van der Waals surface area (Å²) in [5.41, 5.74) is 1.91. The van der Waals surface area contributed by atoms with Crippen molar-refractivity contribution in [2.75, 3.05) is 13.1 Å². The van der Waals surface area contributed by atoms with Gasteiger partial charge in [0.2, 0.25) is 0 Å². The summed E-state index contributed by atoms with van der Waals surface area (Å²) in [6, 6.07) is 5.94. The first-order chi connectivity index (χ1) is 8.68. The van der Waals surface area contributed by atoms with Crippen molar-refractivity contribution in [1.29, 1.82) is 0 Å². The number of carbonyl (C=O) groups is 1. The number of hydrogen-bond acceptors (Lipinski definition) is 2. The third kappa shape index (κ3) is 1.69. The fourth-order valence-corrected chi connectivity index (χ4v) is 2.84. The molecule has 2 atom stereocenters. The van der Waals surface area contributed by atoms with Gasteiger partial charge in [0.15, 0.2) is 0 Å². The van der Waals surface area contributed by atoms with Crippen molar-refractivity contribution >= 4 is 5.91 Å². The van der Waals surface area contributed by atoms with E-state index >= 15 is 0 Å². The number of ether oxygens (including phenoxy) is 1. The van der Waals surface area contributed by atoms with E-state index in [1.807, 2.05) is 17.0 Å². The molecule has 1 aromatic carbocycles. The summed E-state index contributed by atoms with van der Waals surface area (Å²) in [6.07, 6.45) is 2.40. The van der Waals surface area contributed by atoms with Crippen molar-refractivity contribution in [3.8, 4) is 5.75 Å². The molecule has 0 aromatic heterocycles. The van der Waals surface area contributed by atoms with Crippen LogP contribution >= 0.6 is 0 Å². The molecule has 0 aliphatic carbocycles. The van der Waals surface area contributed by atoms with E-state index in [-0.39, 0.29) is 12.0 Å². The normalized spacial score (nSPS) is 26.0. The van der Waals surface area contributed by atoms with Gasteiger partial charge in [-0.25, -0.2) is 0 Å². The van der Waals surface area contributed by atoms with Crippen LogP contribution < -0.4 is 4.74 Å². The Balaban J connectivity index is 1.96. The predicted molar refractivity (Wildman–Crippen MR) is 70.1 cm³/mol. The SMILES string of the molecule is CC1Oc2c(C(=O)N3CCCC3)cccc2C1C. The minimum atomic E-state index is 0.130. The molecule has 0 N–H and O–H groups in total. The lowest BCUT2D eigenvalue weighted by molar-refractivity contribution is 0.0787. The van der Waals surface area contributed by atoms with Crippen molar-refractivity contribution in [2.45, 2.75) is 38.7 Å². The van der Waals surface area contributed by atoms with Crippen LogP contribution in [0.5, 0.6) is 5.75 Å². The number of para-hydroxylation sites is 1. The number of benzene rings is 1. The maximum atomic E-state index is 12.5. The maximum absolute atomic E-state index is 12.5. The molecule has 96 valence electrons. The molecule has 0 saturated carbocycles. The summed E-state index contributed by atoms with van der Waals surface area (Å²) < 4.78 is 5.88. The summed E-state index contributed by atoms with van der Waals surface area (Å²) >= 11 is 0. The zero-order valence-corrected chi connectivity index (χ0v) is 11.0. The molecule has 0 bridgehead atoms. The predicted octanol–water partition coefficient (Wildman–Crippen LogP) is 2.81. The van der Waals surface area contributed by atoms with E-state index in [2.05, 4.69) is 19.9 Å². The van der Waals surface area contributed by atoms with E-state index in [0.29, 0.717) is 5.92 Å². The highest BCUT2D eigenvalue weighted by atomic mass is 16.5. The van der Waals surface area contributed by atoms with Gasteiger partial charge < -0.3 is 9.64 Å². The van der Waals surface area contributed by atoms with Gasteiger partial charge in [-0.05, 0) is 25.8 Å². The zero-order chi connectivity index (χ0) is 12.7.